The molecule has 1 heterocycles. The fourth-order valence-electron chi connectivity index (χ4n) is 2.39. The van der Waals surface area contributed by atoms with Crippen LogP contribution in [0.15, 0.2) is 23.3 Å². The van der Waals surface area contributed by atoms with Crippen molar-refractivity contribution in [3.8, 4) is 5.75 Å². The Hall–Kier alpha value is -1.88. The average molecular weight is 354 g/mol. The fourth-order valence-corrected chi connectivity index (χ4v) is 2.60. The van der Waals surface area contributed by atoms with Crippen LogP contribution in [0.4, 0.5) is 10.1 Å². The van der Waals surface area contributed by atoms with Crippen LogP contribution in [0.5, 0.6) is 5.75 Å². The van der Waals surface area contributed by atoms with Crippen molar-refractivity contribution >= 4 is 29.1 Å². The van der Waals surface area contributed by atoms with Crippen LogP contribution in [0.3, 0.4) is 0 Å². The van der Waals surface area contributed by atoms with Gasteiger partial charge in [0.25, 0.3) is 5.91 Å². The summed E-state index contributed by atoms with van der Waals surface area (Å²) in [5, 5.41) is 0.113. The molecule has 0 atom stereocenters. The Morgan fingerprint density at radius 2 is 2.00 bits per heavy atom. The van der Waals surface area contributed by atoms with Crippen molar-refractivity contribution in [1.29, 1.82) is 0 Å². The topological polar surface area (TPSA) is 46.6 Å². The first-order valence-electron chi connectivity index (χ1n) is 7.87. The summed E-state index contributed by atoms with van der Waals surface area (Å²) in [6.45, 7) is 8.04. The number of anilines is 1. The first-order valence-corrected chi connectivity index (χ1v) is 8.25. The number of halogens is 2. The summed E-state index contributed by atoms with van der Waals surface area (Å²) in [5.41, 5.74) is 1.03. The third-order valence-corrected chi connectivity index (χ3v) is 4.13. The largest absolute Gasteiger partial charge is 0.492 e. The predicted octanol–water partition coefficient (Wildman–Crippen LogP) is 4.50. The average Bonchev–Trinajstić information content (AvgIpc) is 2.77. The molecule has 0 unspecified atom stereocenters. The molecule has 0 aromatic heterocycles. The zero-order chi connectivity index (χ0) is 18.0. The molecule has 1 aromatic carbocycles. The smallest absolute Gasteiger partial charge is 0.261 e. The highest BCUT2D eigenvalue weighted by Gasteiger charge is 2.37. The molecule has 0 bridgehead atoms. The number of nitrogens with zero attached hydrogens (tertiary/aromatic N) is 1. The molecule has 0 aliphatic carbocycles. The van der Waals surface area contributed by atoms with Crippen LogP contribution >= 0.6 is 11.6 Å². The number of hydrogen-bond donors (Lipinski definition) is 0. The second kappa shape index (κ2) is 7.34. The maximum atomic E-state index is 14.3. The van der Waals surface area contributed by atoms with Gasteiger partial charge in [0.05, 0.1) is 23.7 Å². The minimum Gasteiger partial charge on any atom is -0.492 e. The van der Waals surface area contributed by atoms with Crippen molar-refractivity contribution in [3.05, 3.63) is 34.1 Å². The highest BCUT2D eigenvalue weighted by Crippen LogP contribution is 2.36. The van der Waals surface area contributed by atoms with Gasteiger partial charge in [-0.15, -0.1) is 0 Å². The van der Waals surface area contributed by atoms with Crippen molar-refractivity contribution in [2.24, 2.45) is 5.92 Å². The van der Waals surface area contributed by atoms with Crippen molar-refractivity contribution in [2.45, 2.75) is 40.5 Å². The Balaban J connectivity index is 2.35. The molecule has 1 aliphatic rings. The van der Waals surface area contributed by atoms with E-state index in [0.717, 1.165) is 23.0 Å². The van der Waals surface area contributed by atoms with E-state index in [-0.39, 0.29) is 22.9 Å². The van der Waals surface area contributed by atoms with Crippen LogP contribution in [0.25, 0.3) is 0 Å². The predicted molar refractivity (Wildman–Crippen MR) is 91.8 cm³/mol. The Labute approximate surface area is 146 Å². The fraction of sp³-hybridized carbons (Fsp3) is 0.444. The van der Waals surface area contributed by atoms with E-state index in [2.05, 4.69) is 13.8 Å². The van der Waals surface area contributed by atoms with Crippen molar-refractivity contribution in [2.75, 3.05) is 11.5 Å². The maximum absolute atomic E-state index is 14.3. The van der Waals surface area contributed by atoms with Gasteiger partial charge in [0.1, 0.15) is 11.6 Å². The Morgan fingerprint density at radius 3 is 2.54 bits per heavy atom. The summed E-state index contributed by atoms with van der Waals surface area (Å²) >= 11 is 6.01. The number of imide groups is 1. The maximum Gasteiger partial charge on any atom is 0.261 e. The number of carbonyl (C=O) groups excluding carboxylic acids is 2. The zero-order valence-electron chi connectivity index (χ0n) is 14.3. The standard InChI is InChI=1S/C18H21ClFNO3/c1-10(2)5-6-24-16-9-15(14(20)8-13(16)19)21-17(22)7-12(11(3)4)18(21)23/h8-10H,5-7H2,1-4H3. The van der Waals surface area contributed by atoms with Crippen molar-refractivity contribution < 1.29 is 18.7 Å². The molecule has 2 rings (SSSR count). The second-order valence-corrected chi connectivity index (χ2v) is 6.86. The molecule has 0 radical (unpaired) electrons. The van der Waals surface area contributed by atoms with E-state index >= 15 is 0 Å². The van der Waals surface area contributed by atoms with Crippen molar-refractivity contribution in [3.63, 3.8) is 0 Å². The molecule has 1 aromatic rings. The van der Waals surface area contributed by atoms with E-state index in [1.807, 2.05) is 0 Å². The lowest BCUT2D eigenvalue weighted by Crippen LogP contribution is -2.30. The van der Waals surface area contributed by atoms with E-state index in [1.165, 1.54) is 6.07 Å². The zero-order valence-corrected chi connectivity index (χ0v) is 15.0. The molecular formula is C18H21ClFNO3. The molecule has 0 saturated carbocycles. The van der Waals surface area contributed by atoms with E-state index < -0.39 is 17.6 Å². The minimum absolute atomic E-state index is 0.0211. The number of allylic oxidation sites excluding steroid dienone is 1. The number of rotatable bonds is 5. The monoisotopic (exact) mass is 353 g/mol. The molecule has 130 valence electrons. The molecule has 6 heteroatoms. The first kappa shape index (κ1) is 18.5. The molecule has 1 saturated heterocycles. The lowest BCUT2D eigenvalue weighted by molar-refractivity contribution is -0.120. The van der Waals surface area contributed by atoms with Gasteiger partial charge in [-0.05, 0) is 32.3 Å². The van der Waals surface area contributed by atoms with Crippen LogP contribution in [-0.2, 0) is 9.59 Å². The van der Waals surface area contributed by atoms with Gasteiger partial charge in [-0.2, -0.15) is 0 Å². The molecule has 2 amide bonds. The van der Waals surface area contributed by atoms with E-state index in [0.29, 0.717) is 18.1 Å². The van der Waals surface area contributed by atoms with E-state index in [9.17, 15) is 14.0 Å². The molecule has 4 nitrogen and oxygen atoms in total. The normalized spacial score (nSPS) is 14.8. The quantitative estimate of drug-likeness (QED) is 0.578. The van der Waals surface area contributed by atoms with Crippen molar-refractivity contribution in [1.82, 2.24) is 0 Å². The molecule has 1 fully saturated rings. The summed E-state index contributed by atoms with van der Waals surface area (Å²) in [6.07, 6.45) is 0.791. The van der Waals surface area contributed by atoms with Crippen LogP contribution in [0, 0.1) is 11.7 Å². The summed E-state index contributed by atoms with van der Waals surface area (Å²) in [7, 11) is 0. The molecular weight excluding hydrogens is 333 g/mol. The van der Waals surface area contributed by atoms with Gasteiger partial charge < -0.3 is 4.74 Å². The van der Waals surface area contributed by atoms with Gasteiger partial charge in [-0.25, -0.2) is 9.29 Å². The number of hydrogen-bond acceptors (Lipinski definition) is 3. The third-order valence-electron chi connectivity index (χ3n) is 3.84. The molecule has 1 aliphatic heterocycles. The first-order chi connectivity index (χ1) is 11.2. The van der Waals surface area contributed by atoms with Gasteiger partial charge in [0.15, 0.2) is 0 Å². The second-order valence-electron chi connectivity index (χ2n) is 6.45. The number of benzene rings is 1. The number of carbonyl (C=O) groups is 2. The highest BCUT2D eigenvalue weighted by atomic mass is 35.5. The summed E-state index contributed by atoms with van der Waals surface area (Å²) in [4.78, 5) is 25.5. The minimum atomic E-state index is -0.729. The Morgan fingerprint density at radius 1 is 1.33 bits per heavy atom. The lowest BCUT2D eigenvalue weighted by atomic mass is 10.1. The Kier molecular flexibility index (Phi) is 5.65. The lowest BCUT2D eigenvalue weighted by Gasteiger charge is -2.17. The molecule has 0 spiro atoms. The van der Waals surface area contributed by atoms with Gasteiger partial charge >= 0.3 is 0 Å². The van der Waals surface area contributed by atoms with E-state index in [4.69, 9.17) is 16.3 Å². The SMILES string of the molecule is CC(C)=C1CC(=O)N(c2cc(OCCC(C)C)c(Cl)cc2F)C1=O. The van der Waals surface area contributed by atoms with Crippen LogP contribution in [0.1, 0.15) is 40.5 Å². The summed E-state index contributed by atoms with van der Waals surface area (Å²) in [5.74, 6) is -0.960. The number of ether oxygens (including phenoxy) is 1. The molecule has 24 heavy (non-hydrogen) atoms. The van der Waals surface area contributed by atoms with Gasteiger partial charge in [-0.3, -0.25) is 9.59 Å². The number of amides is 2. The highest BCUT2D eigenvalue weighted by molar-refractivity contribution is 6.32. The third kappa shape index (κ3) is 3.78. The molecule has 0 N–H and O–H groups in total. The van der Waals surface area contributed by atoms with Crippen LogP contribution in [0.2, 0.25) is 5.02 Å². The summed E-state index contributed by atoms with van der Waals surface area (Å²) < 4.78 is 19.9. The van der Waals surface area contributed by atoms with Crippen LogP contribution < -0.4 is 9.64 Å². The van der Waals surface area contributed by atoms with Gasteiger partial charge in [-0.1, -0.05) is 31.0 Å². The summed E-state index contributed by atoms with van der Waals surface area (Å²) in [6, 6.07) is 2.39. The van der Waals surface area contributed by atoms with Crippen LogP contribution in [-0.4, -0.2) is 18.4 Å². The van der Waals surface area contributed by atoms with Gasteiger partial charge in [0, 0.05) is 11.6 Å². The van der Waals surface area contributed by atoms with Gasteiger partial charge in [0.2, 0.25) is 5.91 Å². The van der Waals surface area contributed by atoms with E-state index in [1.54, 1.807) is 13.8 Å². The Bertz CT molecular complexity index is 708.